The summed E-state index contributed by atoms with van der Waals surface area (Å²) in [5.41, 5.74) is 1.27. The maximum Gasteiger partial charge on any atom is 0.321 e. The number of amides is 2. The molecule has 1 saturated heterocycles. The van der Waals surface area contributed by atoms with Gasteiger partial charge in [0.25, 0.3) is 0 Å². The van der Waals surface area contributed by atoms with Crippen molar-refractivity contribution in [3.05, 3.63) is 29.8 Å². The molecule has 1 fully saturated rings. The van der Waals surface area contributed by atoms with Crippen LogP contribution in [0.15, 0.2) is 24.3 Å². The van der Waals surface area contributed by atoms with E-state index in [1.165, 1.54) is 0 Å². The first-order valence-corrected chi connectivity index (χ1v) is 7.41. The van der Waals surface area contributed by atoms with Crippen molar-refractivity contribution < 1.29 is 9.90 Å². The molecule has 0 bridgehead atoms. The number of hydrogen-bond donors (Lipinski definition) is 2. The number of aryl methyl sites for hydroxylation is 1. The number of benzene rings is 1. The van der Waals surface area contributed by atoms with E-state index in [9.17, 15) is 9.90 Å². The van der Waals surface area contributed by atoms with Crippen molar-refractivity contribution in [3.63, 3.8) is 0 Å². The second-order valence-corrected chi connectivity index (χ2v) is 6.38. The van der Waals surface area contributed by atoms with Crippen LogP contribution in [0.1, 0.15) is 19.4 Å². The van der Waals surface area contributed by atoms with Gasteiger partial charge in [0.15, 0.2) is 0 Å². The summed E-state index contributed by atoms with van der Waals surface area (Å²) in [4.78, 5) is 16.2. The zero-order valence-corrected chi connectivity index (χ0v) is 13.1. The fourth-order valence-corrected chi connectivity index (χ4v) is 2.58. The Morgan fingerprint density at radius 3 is 2.52 bits per heavy atom. The molecule has 0 atom stereocenters. The van der Waals surface area contributed by atoms with Crippen LogP contribution in [0.3, 0.4) is 0 Å². The predicted molar refractivity (Wildman–Crippen MR) is 84.5 cm³/mol. The minimum atomic E-state index is -0.688. The molecule has 1 heterocycles. The van der Waals surface area contributed by atoms with E-state index < -0.39 is 5.60 Å². The van der Waals surface area contributed by atoms with Crippen LogP contribution in [0.25, 0.3) is 0 Å². The molecule has 2 rings (SSSR count). The standard InChI is InChI=1S/C16H25N3O2/c1-13-5-4-6-14(11-13)17-15(20)19-9-7-18(8-10-19)12-16(2,3)21/h4-6,11,21H,7-10,12H2,1-3H3,(H,17,20). The van der Waals surface area contributed by atoms with Crippen LogP contribution < -0.4 is 5.32 Å². The Hall–Kier alpha value is -1.59. The number of anilines is 1. The minimum Gasteiger partial charge on any atom is -0.389 e. The third kappa shape index (κ3) is 5.02. The Balaban J connectivity index is 1.83. The van der Waals surface area contributed by atoms with Crippen LogP contribution in [0.2, 0.25) is 0 Å². The lowest BCUT2D eigenvalue weighted by atomic mass is 10.1. The molecular formula is C16H25N3O2. The molecule has 2 N–H and O–H groups in total. The van der Waals surface area contributed by atoms with Gasteiger partial charge in [0.2, 0.25) is 0 Å². The quantitative estimate of drug-likeness (QED) is 0.894. The van der Waals surface area contributed by atoms with Crippen molar-refractivity contribution in [2.75, 3.05) is 38.0 Å². The normalized spacial score (nSPS) is 16.9. The van der Waals surface area contributed by atoms with Gasteiger partial charge in [-0.3, -0.25) is 4.90 Å². The molecule has 1 aliphatic rings. The van der Waals surface area contributed by atoms with Crippen LogP contribution >= 0.6 is 0 Å². The largest absolute Gasteiger partial charge is 0.389 e. The van der Waals surface area contributed by atoms with E-state index >= 15 is 0 Å². The number of carbonyl (C=O) groups is 1. The van der Waals surface area contributed by atoms with Crippen LogP contribution in [0, 0.1) is 6.92 Å². The van der Waals surface area contributed by atoms with Gasteiger partial charge >= 0.3 is 6.03 Å². The molecule has 5 nitrogen and oxygen atoms in total. The SMILES string of the molecule is Cc1cccc(NC(=O)N2CCN(CC(C)(C)O)CC2)c1. The first kappa shape index (κ1) is 15.8. The van der Waals surface area contributed by atoms with Crippen molar-refractivity contribution >= 4 is 11.7 Å². The average molecular weight is 291 g/mol. The molecule has 0 radical (unpaired) electrons. The zero-order chi connectivity index (χ0) is 15.5. The average Bonchev–Trinajstić information content (AvgIpc) is 2.37. The van der Waals surface area contributed by atoms with Crippen LogP contribution in [-0.4, -0.2) is 59.3 Å². The summed E-state index contributed by atoms with van der Waals surface area (Å²) in [6.07, 6.45) is 0. The van der Waals surface area contributed by atoms with Crippen molar-refractivity contribution in [3.8, 4) is 0 Å². The Morgan fingerprint density at radius 2 is 1.95 bits per heavy atom. The number of hydrogen-bond acceptors (Lipinski definition) is 3. The summed E-state index contributed by atoms with van der Waals surface area (Å²) in [6, 6.07) is 7.75. The highest BCUT2D eigenvalue weighted by Crippen LogP contribution is 2.12. The number of carbonyl (C=O) groups excluding carboxylic acids is 1. The molecule has 2 amide bonds. The third-order valence-electron chi connectivity index (χ3n) is 3.54. The summed E-state index contributed by atoms with van der Waals surface area (Å²) < 4.78 is 0. The van der Waals surface area contributed by atoms with E-state index in [1.54, 1.807) is 0 Å². The molecule has 1 aliphatic heterocycles. The molecule has 5 heteroatoms. The number of rotatable bonds is 3. The van der Waals surface area contributed by atoms with Gasteiger partial charge in [0.1, 0.15) is 0 Å². The van der Waals surface area contributed by atoms with E-state index in [-0.39, 0.29) is 6.03 Å². The van der Waals surface area contributed by atoms with Crippen molar-refractivity contribution in [1.29, 1.82) is 0 Å². The topological polar surface area (TPSA) is 55.8 Å². The third-order valence-corrected chi connectivity index (χ3v) is 3.54. The lowest BCUT2D eigenvalue weighted by Crippen LogP contribution is -2.52. The Kier molecular flexibility index (Phi) is 4.85. The van der Waals surface area contributed by atoms with E-state index in [1.807, 2.05) is 49.9 Å². The fourth-order valence-electron chi connectivity index (χ4n) is 2.58. The number of aliphatic hydroxyl groups is 1. The molecule has 0 saturated carbocycles. The maximum atomic E-state index is 12.2. The van der Waals surface area contributed by atoms with E-state index in [2.05, 4.69) is 10.2 Å². The summed E-state index contributed by atoms with van der Waals surface area (Å²) in [7, 11) is 0. The molecule has 21 heavy (non-hydrogen) atoms. The van der Waals surface area contributed by atoms with Gasteiger partial charge in [0, 0.05) is 38.4 Å². The van der Waals surface area contributed by atoms with Crippen LogP contribution in [0.5, 0.6) is 0 Å². The van der Waals surface area contributed by atoms with Gasteiger partial charge in [-0.25, -0.2) is 4.79 Å². The number of nitrogens with one attached hydrogen (secondary N) is 1. The van der Waals surface area contributed by atoms with Gasteiger partial charge in [-0.15, -0.1) is 0 Å². The fraction of sp³-hybridized carbons (Fsp3) is 0.562. The lowest BCUT2D eigenvalue weighted by molar-refractivity contribution is 0.0231. The predicted octanol–water partition coefficient (Wildman–Crippen LogP) is 1.92. The van der Waals surface area contributed by atoms with Gasteiger partial charge in [-0.2, -0.15) is 0 Å². The molecule has 0 spiro atoms. The monoisotopic (exact) mass is 291 g/mol. The highest BCUT2D eigenvalue weighted by atomic mass is 16.3. The summed E-state index contributed by atoms with van der Waals surface area (Å²) in [5, 5.41) is 12.8. The van der Waals surface area contributed by atoms with E-state index in [0.717, 1.165) is 24.3 Å². The molecule has 1 aromatic rings. The second kappa shape index (κ2) is 6.45. The Morgan fingerprint density at radius 1 is 1.29 bits per heavy atom. The van der Waals surface area contributed by atoms with Gasteiger partial charge in [-0.05, 0) is 38.5 Å². The number of β-amino-alcohol motifs (C(OH)–C–C–N with tert-alkyl or cyclic N) is 1. The number of piperazine rings is 1. The second-order valence-electron chi connectivity index (χ2n) is 6.38. The highest BCUT2D eigenvalue weighted by molar-refractivity contribution is 5.89. The maximum absolute atomic E-state index is 12.2. The molecule has 0 unspecified atom stereocenters. The van der Waals surface area contributed by atoms with Crippen molar-refractivity contribution in [1.82, 2.24) is 9.80 Å². The van der Waals surface area contributed by atoms with E-state index in [4.69, 9.17) is 0 Å². The van der Waals surface area contributed by atoms with Gasteiger partial charge in [0.05, 0.1) is 5.60 Å². The molecule has 116 valence electrons. The van der Waals surface area contributed by atoms with Crippen LogP contribution in [-0.2, 0) is 0 Å². The molecular weight excluding hydrogens is 266 g/mol. The highest BCUT2D eigenvalue weighted by Gasteiger charge is 2.24. The molecule has 0 aliphatic carbocycles. The number of nitrogens with zero attached hydrogens (tertiary/aromatic N) is 2. The van der Waals surface area contributed by atoms with Crippen LogP contribution in [0.4, 0.5) is 10.5 Å². The summed E-state index contributed by atoms with van der Waals surface area (Å²) in [5.74, 6) is 0. The number of urea groups is 1. The zero-order valence-electron chi connectivity index (χ0n) is 13.1. The minimum absolute atomic E-state index is 0.0523. The van der Waals surface area contributed by atoms with E-state index in [0.29, 0.717) is 19.6 Å². The Labute approximate surface area is 126 Å². The lowest BCUT2D eigenvalue weighted by Gasteiger charge is -2.37. The van der Waals surface area contributed by atoms with Crippen molar-refractivity contribution in [2.45, 2.75) is 26.4 Å². The summed E-state index contributed by atoms with van der Waals surface area (Å²) >= 11 is 0. The Bertz CT molecular complexity index is 489. The summed E-state index contributed by atoms with van der Waals surface area (Å²) in [6.45, 7) is 9.23. The first-order chi connectivity index (χ1) is 9.83. The molecule has 1 aromatic carbocycles. The van der Waals surface area contributed by atoms with Gasteiger partial charge in [-0.1, -0.05) is 12.1 Å². The van der Waals surface area contributed by atoms with Gasteiger partial charge < -0.3 is 15.3 Å². The molecule has 0 aromatic heterocycles. The smallest absolute Gasteiger partial charge is 0.321 e. The van der Waals surface area contributed by atoms with Crippen molar-refractivity contribution in [2.24, 2.45) is 0 Å². The first-order valence-electron chi connectivity index (χ1n) is 7.41.